The number of benzene rings is 1. The molecule has 25 heavy (non-hydrogen) atoms. The summed E-state index contributed by atoms with van der Waals surface area (Å²) in [6, 6.07) is 8.87. The number of rotatable bonds is 6. The van der Waals surface area contributed by atoms with Crippen LogP contribution >= 0.6 is 0 Å². The Bertz CT molecular complexity index is 854. The normalized spacial score (nSPS) is 24.4. The fraction of sp³-hybridized carbons (Fsp3) is 0.474. The fourth-order valence-corrected chi connectivity index (χ4v) is 3.75. The van der Waals surface area contributed by atoms with Gasteiger partial charge in [0.05, 0.1) is 23.9 Å². The summed E-state index contributed by atoms with van der Waals surface area (Å²) in [6.45, 7) is 4.23. The number of aryl methyl sites for hydroxylation is 2. The number of aliphatic hydroxyl groups is 1. The van der Waals surface area contributed by atoms with Crippen LogP contribution in [-0.2, 0) is 6.42 Å². The predicted octanol–water partition coefficient (Wildman–Crippen LogP) is 2.35. The molecule has 0 saturated heterocycles. The highest BCUT2D eigenvalue weighted by Crippen LogP contribution is 2.33. The molecule has 3 N–H and O–H groups in total. The Morgan fingerprint density at radius 2 is 2.24 bits per heavy atom. The van der Waals surface area contributed by atoms with E-state index >= 15 is 0 Å². The molecule has 1 saturated carbocycles. The Labute approximate surface area is 147 Å². The van der Waals surface area contributed by atoms with Crippen LogP contribution in [-0.4, -0.2) is 43.3 Å². The number of hydrogen-bond donors (Lipinski definition) is 3. The third-order valence-corrected chi connectivity index (χ3v) is 5.20. The first-order valence-electron chi connectivity index (χ1n) is 8.98. The lowest BCUT2D eigenvalue weighted by Gasteiger charge is -2.43. The van der Waals surface area contributed by atoms with E-state index < -0.39 is 0 Å². The van der Waals surface area contributed by atoms with Gasteiger partial charge in [-0.25, -0.2) is 0 Å². The molecular formula is C19H25N5O. The molecule has 4 atom stereocenters. The second-order valence-electron chi connectivity index (χ2n) is 7.22. The van der Waals surface area contributed by atoms with Crippen molar-refractivity contribution in [2.45, 2.75) is 57.3 Å². The SMILES string of the molecule is Cc1cnn([C@H]2[C@H](O)C[C@@H]2NC(C)CCc2[nH]nc3ccccc23)c1. The van der Waals surface area contributed by atoms with Crippen LogP contribution < -0.4 is 5.32 Å². The van der Waals surface area contributed by atoms with Gasteiger partial charge in [0, 0.05) is 29.4 Å². The van der Waals surface area contributed by atoms with E-state index in [-0.39, 0.29) is 18.2 Å². The van der Waals surface area contributed by atoms with E-state index in [9.17, 15) is 5.11 Å². The number of nitrogens with zero attached hydrogens (tertiary/aromatic N) is 3. The molecule has 1 fully saturated rings. The van der Waals surface area contributed by atoms with Gasteiger partial charge in [-0.1, -0.05) is 18.2 Å². The Hall–Kier alpha value is -2.18. The number of aromatic nitrogens is 4. The molecule has 2 heterocycles. The van der Waals surface area contributed by atoms with Gasteiger partial charge in [-0.05, 0) is 44.7 Å². The first-order valence-corrected chi connectivity index (χ1v) is 8.98. The summed E-state index contributed by atoms with van der Waals surface area (Å²) in [6.07, 6.45) is 6.28. The van der Waals surface area contributed by atoms with Gasteiger partial charge in [0.2, 0.25) is 0 Å². The number of nitrogens with one attached hydrogen (secondary N) is 2. The number of aliphatic hydroxyl groups excluding tert-OH is 1. The summed E-state index contributed by atoms with van der Waals surface area (Å²) in [5.74, 6) is 0. The molecule has 4 rings (SSSR count). The lowest BCUT2D eigenvalue weighted by atomic mass is 9.82. The molecule has 6 nitrogen and oxygen atoms in total. The number of fused-ring (bicyclic) bond motifs is 1. The number of H-pyrrole nitrogens is 1. The molecule has 6 heteroatoms. The van der Waals surface area contributed by atoms with Crippen LogP contribution in [0.5, 0.6) is 0 Å². The van der Waals surface area contributed by atoms with Crippen molar-refractivity contribution < 1.29 is 5.11 Å². The van der Waals surface area contributed by atoms with Crippen molar-refractivity contribution in [2.75, 3.05) is 0 Å². The van der Waals surface area contributed by atoms with E-state index in [1.165, 1.54) is 11.1 Å². The van der Waals surface area contributed by atoms with Crippen molar-refractivity contribution in [2.24, 2.45) is 0 Å². The van der Waals surface area contributed by atoms with Crippen molar-refractivity contribution in [3.05, 3.63) is 47.9 Å². The van der Waals surface area contributed by atoms with Gasteiger partial charge in [0.1, 0.15) is 0 Å². The molecule has 2 aromatic heterocycles. The van der Waals surface area contributed by atoms with E-state index in [0.717, 1.165) is 30.3 Å². The number of para-hydroxylation sites is 1. The maximum absolute atomic E-state index is 10.1. The summed E-state index contributed by atoms with van der Waals surface area (Å²) < 4.78 is 1.90. The maximum Gasteiger partial charge on any atom is 0.0932 e. The molecule has 0 radical (unpaired) electrons. The van der Waals surface area contributed by atoms with Gasteiger partial charge in [-0.3, -0.25) is 9.78 Å². The van der Waals surface area contributed by atoms with Crippen LogP contribution in [0.1, 0.15) is 37.1 Å². The van der Waals surface area contributed by atoms with Crippen molar-refractivity contribution in [3.8, 4) is 0 Å². The van der Waals surface area contributed by atoms with Crippen LogP contribution in [0.15, 0.2) is 36.7 Å². The summed E-state index contributed by atoms with van der Waals surface area (Å²) in [7, 11) is 0. The van der Waals surface area contributed by atoms with E-state index in [4.69, 9.17) is 0 Å². The molecule has 0 amide bonds. The molecule has 0 spiro atoms. The number of aromatic amines is 1. The Kier molecular flexibility index (Phi) is 4.31. The van der Waals surface area contributed by atoms with Crippen LogP contribution in [0.3, 0.4) is 0 Å². The van der Waals surface area contributed by atoms with E-state index in [0.29, 0.717) is 6.04 Å². The molecule has 0 aliphatic heterocycles. The third-order valence-electron chi connectivity index (χ3n) is 5.20. The standard InChI is InChI=1S/C19H25N5O/c1-12-10-20-24(11-12)19-17(9-18(19)25)21-13(2)7-8-16-14-5-3-4-6-15(14)22-23-16/h3-6,10-11,13,17-19,21,25H,7-9H2,1-2H3,(H,22,23)/t13?,17-,18+,19+/m0/s1. The van der Waals surface area contributed by atoms with Gasteiger partial charge >= 0.3 is 0 Å². The minimum atomic E-state index is -0.319. The molecule has 1 unspecified atom stereocenters. The van der Waals surface area contributed by atoms with Crippen LogP contribution in [0.2, 0.25) is 0 Å². The molecule has 1 aliphatic rings. The summed E-state index contributed by atoms with van der Waals surface area (Å²) in [5.41, 5.74) is 3.34. The zero-order valence-electron chi connectivity index (χ0n) is 14.7. The van der Waals surface area contributed by atoms with E-state index in [1.54, 1.807) is 0 Å². The quantitative estimate of drug-likeness (QED) is 0.644. The predicted molar refractivity (Wildman–Crippen MR) is 97.4 cm³/mol. The lowest BCUT2D eigenvalue weighted by Crippen LogP contribution is -2.56. The van der Waals surface area contributed by atoms with E-state index in [1.807, 2.05) is 36.1 Å². The topological polar surface area (TPSA) is 78.8 Å². The lowest BCUT2D eigenvalue weighted by molar-refractivity contribution is -0.0112. The Balaban J connectivity index is 1.35. The largest absolute Gasteiger partial charge is 0.391 e. The van der Waals surface area contributed by atoms with Gasteiger partial charge < -0.3 is 10.4 Å². The van der Waals surface area contributed by atoms with Crippen LogP contribution in [0.4, 0.5) is 0 Å². The zero-order valence-corrected chi connectivity index (χ0v) is 14.7. The highest BCUT2D eigenvalue weighted by atomic mass is 16.3. The highest BCUT2D eigenvalue weighted by Gasteiger charge is 2.42. The molecule has 0 bridgehead atoms. The van der Waals surface area contributed by atoms with Gasteiger partial charge in [0.15, 0.2) is 0 Å². The first kappa shape index (κ1) is 16.3. The average Bonchev–Trinajstić information content (AvgIpc) is 3.18. The molecular weight excluding hydrogens is 314 g/mol. The molecule has 1 aromatic carbocycles. The van der Waals surface area contributed by atoms with Crippen molar-refractivity contribution in [3.63, 3.8) is 0 Å². The minimum absolute atomic E-state index is 0.0316. The minimum Gasteiger partial charge on any atom is -0.391 e. The molecule has 1 aliphatic carbocycles. The van der Waals surface area contributed by atoms with Gasteiger partial charge in [0.25, 0.3) is 0 Å². The average molecular weight is 339 g/mol. The fourth-order valence-electron chi connectivity index (χ4n) is 3.75. The summed E-state index contributed by atoms with van der Waals surface area (Å²) >= 11 is 0. The van der Waals surface area contributed by atoms with Crippen LogP contribution in [0.25, 0.3) is 10.9 Å². The molecule has 3 aromatic rings. The Morgan fingerprint density at radius 3 is 3.00 bits per heavy atom. The second kappa shape index (κ2) is 6.61. The highest BCUT2D eigenvalue weighted by molar-refractivity contribution is 5.81. The number of hydrogen-bond acceptors (Lipinski definition) is 4. The maximum atomic E-state index is 10.1. The monoisotopic (exact) mass is 339 g/mol. The van der Waals surface area contributed by atoms with Crippen molar-refractivity contribution >= 4 is 10.9 Å². The van der Waals surface area contributed by atoms with Gasteiger partial charge in [-0.15, -0.1) is 0 Å². The zero-order chi connectivity index (χ0) is 17.4. The summed E-state index contributed by atoms with van der Waals surface area (Å²) in [4.78, 5) is 0. The van der Waals surface area contributed by atoms with Crippen LogP contribution in [0, 0.1) is 6.92 Å². The smallest absolute Gasteiger partial charge is 0.0932 e. The first-order chi connectivity index (χ1) is 12.1. The second-order valence-corrected chi connectivity index (χ2v) is 7.22. The van der Waals surface area contributed by atoms with Gasteiger partial charge in [-0.2, -0.15) is 10.2 Å². The Morgan fingerprint density at radius 1 is 1.40 bits per heavy atom. The molecule has 132 valence electrons. The van der Waals surface area contributed by atoms with Crippen molar-refractivity contribution in [1.82, 2.24) is 25.3 Å². The van der Waals surface area contributed by atoms with Crippen molar-refractivity contribution in [1.29, 1.82) is 0 Å². The third kappa shape index (κ3) is 3.19. The summed E-state index contributed by atoms with van der Waals surface area (Å²) in [5, 5.41) is 26.9. The van der Waals surface area contributed by atoms with E-state index in [2.05, 4.69) is 39.7 Å².